The van der Waals surface area contributed by atoms with Gasteiger partial charge in [0.05, 0.1) is 22.9 Å². The lowest BCUT2D eigenvalue weighted by molar-refractivity contribution is 0.0935. The molecule has 0 spiro atoms. The van der Waals surface area contributed by atoms with E-state index in [1.54, 1.807) is 30.5 Å². The molecule has 0 saturated carbocycles. The quantitative estimate of drug-likeness (QED) is 0.675. The van der Waals surface area contributed by atoms with Crippen molar-refractivity contribution in [3.05, 3.63) is 83.8 Å². The second kappa shape index (κ2) is 7.67. The Hall–Kier alpha value is -3.06. The summed E-state index contributed by atoms with van der Waals surface area (Å²) >= 11 is 0. The lowest BCUT2D eigenvalue weighted by atomic mass is 10.2. The van der Waals surface area contributed by atoms with Crippen LogP contribution < -0.4 is 10.0 Å². The first-order valence-corrected chi connectivity index (χ1v) is 9.88. The molecule has 0 aliphatic rings. The van der Waals surface area contributed by atoms with Crippen LogP contribution in [0.4, 0.5) is 5.69 Å². The van der Waals surface area contributed by atoms with Gasteiger partial charge in [-0.05, 0) is 61.9 Å². The summed E-state index contributed by atoms with van der Waals surface area (Å²) in [5, 5.41) is 2.81. The molecule has 1 atom stereocenters. The van der Waals surface area contributed by atoms with Crippen LogP contribution in [-0.4, -0.2) is 14.3 Å². The maximum Gasteiger partial charge on any atom is 0.261 e. The number of sulfonamides is 1. The SMILES string of the molecule is Cc1ccccc1NS(=O)(=O)c1ccc(C(=O)N[C@@H](C)c2ccco2)cc1. The van der Waals surface area contributed by atoms with Crippen molar-refractivity contribution < 1.29 is 17.6 Å². The molecule has 1 aromatic heterocycles. The van der Waals surface area contributed by atoms with Gasteiger partial charge in [0.15, 0.2) is 0 Å². The summed E-state index contributed by atoms with van der Waals surface area (Å²) in [5.41, 5.74) is 1.71. The molecule has 6 nitrogen and oxygen atoms in total. The van der Waals surface area contributed by atoms with Crippen LogP contribution in [0.15, 0.2) is 76.2 Å². The Labute approximate surface area is 158 Å². The molecule has 3 aromatic rings. The highest BCUT2D eigenvalue weighted by Crippen LogP contribution is 2.20. The van der Waals surface area contributed by atoms with Gasteiger partial charge in [0.1, 0.15) is 5.76 Å². The highest BCUT2D eigenvalue weighted by molar-refractivity contribution is 7.92. The second-order valence-electron chi connectivity index (χ2n) is 6.16. The van der Waals surface area contributed by atoms with Crippen LogP contribution in [0.2, 0.25) is 0 Å². The summed E-state index contributed by atoms with van der Waals surface area (Å²) in [5.74, 6) is 0.333. The number of nitrogens with one attached hydrogen (secondary N) is 2. The van der Waals surface area contributed by atoms with E-state index < -0.39 is 10.0 Å². The molecule has 0 bridgehead atoms. The Balaban J connectivity index is 1.72. The minimum atomic E-state index is -3.73. The van der Waals surface area contributed by atoms with Crippen molar-refractivity contribution in [3.63, 3.8) is 0 Å². The average molecular weight is 384 g/mol. The first-order chi connectivity index (χ1) is 12.9. The standard InChI is InChI=1S/C20H20N2O4S/c1-14-6-3-4-7-18(14)22-27(24,25)17-11-9-16(10-12-17)20(23)21-15(2)19-8-5-13-26-19/h3-13,15,22H,1-2H3,(H,21,23)/t15-/m0/s1. The first kappa shape index (κ1) is 18.7. The van der Waals surface area contributed by atoms with E-state index in [4.69, 9.17) is 4.42 Å². The van der Waals surface area contributed by atoms with Crippen LogP contribution in [0, 0.1) is 6.92 Å². The third kappa shape index (κ3) is 4.38. The number of rotatable bonds is 6. The van der Waals surface area contributed by atoms with Crippen LogP contribution in [0.1, 0.15) is 34.6 Å². The predicted octanol–water partition coefficient (Wildman–Crippen LogP) is 3.88. The number of hydrogen-bond acceptors (Lipinski definition) is 4. The first-order valence-electron chi connectivity index (χ1n) is 8.39. The zero-order valence-electron chi connectivity index (χ0n) is 15.0. The maximum absolute atomic E-state index is 12.5. The molecule has 0 aliphatic heterocycles. The number of aryl methyl sites for hydroxylation is 1. The van der Waals surface area contributed by atoms with E-state index in [1.807, 2.05) is 26.0 Å². The molecule has 27 heavy (non-hydrogen) atoms. The third-order valence-corrected chi connectivity index (χ3v) is 5.52. The molecule has 1 amide bonds. The molecule has 0 fully saturated rings. The predicted molar refractivity (Wildman–Crippen MR) is 103 cm³/mol. The van der Waals surface area contributed by atoms with Gasteiger partial charge in [0.25, 0.3) is 15.9 Å². The second-order valence-corrected chi connectivity index (χ2v) is 7.84. The normalized spacial score (nSPS) is 12.4. The number of furan rings is 1. The summed E-state index contributed by atoms with van der Waals surface area (Å²) in [6.45, 7) is 3.63. The Bertz CT molecular complexity index is 1030. The van der Waals surface area contributed by atoms with Gasteiger partial charge in [-0.25, -0.2) is 8.42 Å². The molecule has 0 unspecified atom stereocenters. The Kier molecular flexibility index (Phi) is 5.32. The lowest BCUT2D eigenvalue weighted by Crippen LogP contribution is -2.26. The van der Waals surface area contributed by atoms with Crippen molar-refractivity contribution in [2.75, 3.05) is 4.72 Å². The van der Waals surface area contributed by atoms with Gasteiger partial charge in [0.2, 0.25) is 0 Å². The van der Waals surface area contributed by atoms with Gasteiger partial charge in [-0.15, -0.1) is 0 Å². The van der Waals surface area contributed by atoms with E-state index in [2.05, 4.69) is 10.0 Å². The zero-order valence-corrected chi connectivity index (χ0v) is 15.8. The van der Waals surface area contributed by atoms with E-state index in [1.165, 1.54) is 24.3 Å². The van der Waals surface area contributed by atoms with Gasteiger partial charge in [-0.3, -0.25) is 9.52 Å². The van der Waals surface area contributed by atoms with Crippen LogP contribution in [0.5, 0.6) is 0 Å². The van der Waals surface area contributed by atoms with Gasteiger partial charge < -0.3 is 9.73 Å². The highest BCUT2D eigenvalue weighted by atomic mass is 32.2. The van der Waals surface area contributed by atoms with Gasteiger partial charge in [-0.2, -0.15) is 0 Å². The van der Waals surface area contributed by atoms with E-state index >= 15 is 0 Å². The summed E-state index contributed by atoms with van der Waals surface area (Å²) in [6.07, 6.45) is 1.54. The zero-order chi connectivity index (χ0) is 19.4. The van der Waals surface area contributed by atoms with E-state index in [-0.39, 0.29) is 16.8 Å². The summed E-state index contributed by atoms with van der Waals surface area (Å²) in [4.78, 5) is 12.4. The van der Waals surface area contributed by atoms with Crippen molar-refractivity contribution in [1.29, 1.82) is 0 Å². The molecule has 2 N–H and O–H groups in total. The Morgan fingerprint density at radius 2 is 1.70 bits per heavy atom. The Morgan fingerprint density at radius 3 is 2.33 bits per heavy atom. The summed E-state index contributed by atoms with van der Waals surface area (Å²) in [7, 11) is -3.73. The fourth-order valence-electron chi connectivity index (χ4n) is 2.57. The topological polar surface area (TPSA) is 88.4 Å². The van der Waals surface area contributed by atoms with Crippen LogP contribution in [-0.2, 0) is 10.0 Å². The van der Waals surface area contributed by atoms with Gasteiger partial charge >= 0.3 is 0 Å². The monoisotopic (exact) mass is 384 g/mol. The van der Waals surface area contributed by atoms with Crippen molar-refractivity contribution in [3.8, 4) is 0 Å². The highest BCUT2D eigenvalue weighted by Gasteiger charge is 2.17. The van der Waals surface area contributed by atoms with Crippen LogP contribution in [0.3, 0.4) is 0 Å². The molecule has 7 heteroatoms. The minimum absolute atomic E-state index is 0.0846. The van der Waals surface area contributed by atoms with Crippen LogP contribution >= 0.6 is 0 Å². The summed E-state index contributed by atoms with van der Waals surface area (Å²) < 4.78 is 32.9. The van der Waals surface area contributed by atoms with Crippen LogP contribution in [0.25, 0.3) is 0 Å². The molecular formula is C20H20N2O4S. The number of carbonyl (C=O) groups is 1. The van der Waals surface area contributed by atoms with Crippen molar-refractivity contribution in [2.24, 2.45) is 0 Å². The molecule has 140 valence electrons. The van der Waals surface area contributed by atoms with E-state index in [9.17, 15) is 13.2 Å². The number of anilines is 1. The number of benzene rings is 2. The minimum Gasteiger partial charge on any atom is -0.467 e. The average Bonchev–Trinajstić information content (AvgIpc) is 3.18. The number of hydrogen-bond donors (Lipinski definition) is 2. The van der Waals surface area contributed by atoms with E-state index in [0.29, 0.717) is 17.0 Å². The number of carbonyl (C=O) groups excluding carboxylic acids is 1. The number of amides is 1. The number of para-hydroxylation sites is 1. The maximum atomic E-state index is 12.5. The largest absolute Gasteiger partial charge is 0.467 e. The smallest absolute Gasteiger partial charge is 0.261 e. The molecule has 3 rings (SSSR count). The molecule has 2 aromatic carbocycles. The molecule has 0 aliphatic carbocycles. The van der Waals surface area contributed by atoms with Gasteiger partial charge in [-0.1, -0.05) is 18.2 Å². The van der Waals surface area contributed by atoms with E-state index in [0.717, 1.165) is 5.56 Å². The fourth-order valence-corrected chi connectivity index (χ4v) is 3.70. The van der Waals surface area contributed by atoms with Crippen molar-refractivity contribution in [2.45, 2.75) is 24.8 Å². The van der Waals surface area contributed by atoms with Gasteiger partial charge in [0, 0.05) is 5.56 Å². The molecule has 1 heterocycles. The Morgan fingerprint density at radius 1 is 1.00 bits per heavy atom. The van der Waals surface area contributed by atoms with Crippen molar-refractivity contribution >= 4 is 21.6 Å². The molecular weight excluding hydrogens is 364 g/mol. The summed E-state index contributed by atoms with van der Waals surface area (Å²) in [6, 6.07) is 16.1. The third-order valence-electron chi connectivity index (χ3n) is 4.13. The fraction of sp³-hybridized carbons (Fsp3) is 0.150. The molecule has 0 radical (unpaired) electrons. The van der Waals surface area contributed by atoms with Crippen molar-refractivity contribution in [1.82, 2.24) is 5.32 Å². The molecule has 0 saturated heterocycles. The lowest BCUT2D eigenvalue weighted by Gasteiger charge is -2.13.